The number of amides is 3. The molecule has 0 aliphatic carbocycles. The van der Waals surface area contributed by atoms with Crippen LogP contribution >= 0.6 is 0 Å². The minimum atomic E-state index is -1.09. The summed E-state index contributed by atoms with van der Waals surface area (Å²) in [5, 5.41) is 10.7. The fourth-order valence-electron chi connectivity index (χ4n) is 4.83. The largest absolute Gasteiger partial charge is 0.480 e. The molecule has 0 unspecified atom stereocenters. The Hall–Kier alpha value is -5.12. The molecule has 1 fully saturated rings. The normalized spacial score (nSPS) is 12.8. The maximum atomic E-state index is 12.8. The van der Waals surface area contributed by atoms with Crippen LogP contribution in [0, 0.1) is 13.8 Å². The standard InChI is InChI=1S/C18H15N3O3.C13H19N3O/c19-17-15-10-13(7-6-12(15)8-9-20-17)18(24)21(11-16(22)23)14-4-2-1-3-5-14;1-10-3-4-12(11(2)9-10)15-5-7-16(8-6-15)13(14)17/h1-10H,11H2,(H2,19,20)(H,22,23);3-4,9H,5-8H2,1-2H3,(H2,14,17). The predicted molar refractivity (Wildman–Crippen MR) is 161 cm³/mol. The van der Waals surface area contributed by atoms with E-state index in [9.17, 15) is 14.4 Å². The van der Waals surface area contributed by atoms with Crippen LogP contribution in [0.25, 0.3) is 10.8 Å². The lowest BCUT2D eigenvalue weighted by Crippen LogP contribution is -2.50. The molecule has 4 aromatic rings. The van der Waals surface area contributed by atoms with Crippen LogP contribution in [0.3, 0.4) is 0 Å². The monoisotopic (exact) mass is 554 g/mol. The molecule has 1 saturated heterocycles. The van der Waals surface area contributed by atoms with E-state index < -0.39 is 18.4 Å². The molecule has 10 heteroatoms. The van der Waals surface area contributed by atoms with E-state index in [4.69, 9.17) is 16.6 Å². The number of pyridine rings is 1. The average molecular weight is 555 g/mol. The number of piperazine rings is 1. The minimum Gasteiger partial charge on any atom is -0.480 e. The number of hydrogen-bond acceptors (Lipinski definition) is 6. The Labute approximate surface area is 238 Å². The quantitative estimate of drug-likeness (QED) is 0.337. The zero-order chi connectivity index (χ0) is 29.5. The molecule has 1 aliphatic rings. The van der Waals surface area contributed by atoms with Gasteiger partial charge in [0, 0.05) is 54.7 Å². The average Bonchev–Trinajstić information content (AvgIpc) is 2.96. The Kier molecular flexibility index (Phi) is 9.03. The Balaban J connectivity index is 0.000000201. The smallest absolute Gasteiger partial charge is 0.323 e. The maximum Gasteiger partial charge on any atom is 0.323 e. The number of para-hydroxylation sites is 1. The number of benzene rings is 3. The van der Waals surface area contributed by atoms with E-state index in [0.717, 1.165) is 18.5 Å². The minimum absolute atomic E-state index is 0.315. The summed E-state index contributed by atoms with van der Waals surface area (Å²) in [7, 11) is 0. The van der Waals surface area contributed by atoms with E-state index in [2.05, 4.69) is 41.9 Å². The molecular weight excluding hydrogens is 520 g/mol. The first-order valence-corrected chi connectivity index (χ1v) is 13.2. The third-order valence-corrected chi connectivity index (χ3v) is 6.93. The van der Waals surface area contributed by atoms with Gasteiger partial charge in [0.2, 0.25) is 0 Å². The predicted octanol–water partition coefficient (Wildman–Crippen LogP) is 4.05. The van der Waals surface area contributed by atoms with Gasteiger partial charge in [-0.15, -0.1) is 0 Å². The molecule has 0 atom stereocenters. The van der Waals surface area contributed by atoms with E-state index in [1.807, 2.05) is 0 Å². The van der Waals surface area contributed by atoms with Gasteiger partial charge < -0.3 is 26.4 Å². The van der Waals surface area contributed by atoms with Crippen molar-refractivity contribution in [2.24, 2.45) is 5.73 Å². The number of aliphatic carboxylic acids is 1. The highest BCUT2D eigenvalue weighted by Gasteiger charge is 2.21. The van der Waals surface area contributed by atoms with Crippen molar-refractivity contribution < 1.29 is 19.5 Å². The number of hydrogen-bond donors (Lipinski definition) is 3. The summed E-state index contributed by atoms with van der Waals surface area (Å²) in [5.41, 5.74) is 15.8. The van der Waals surface area contributed by atoms with Crippen LogP contribution in [-0.4, -0.2) is 65.6 Å². The van der Waals surface area contributed by atoms with Crippen LogP contribution in [0.15, 0.2) is 79.0 Å². The number of carbonyl (C=O) groups is 3. The van der Waals surface area contributed by atoms with Gasteiger partial charge in [0.05, 0.1) is 0 Å². The molecule has 1 aliphatic heterocycles. The molecule has 5 N–H and O–H groups in total. The summed E-state index contributed by atoms with van der Waals surface area (Å²) in [6.45, 7) is 6.93. The lowest BCUT2D eigenvalue weighted by molar-refractivity contribution is -0.135. The van der Waals surface area contributed by atoms with E-state index in [-0.39, 0.29) is 6.03 Å². The van der Waals surface area contributed by atoms with Gasteiger partial charge in [-0.1, -0.05) is 42.0 Å². The molecule has 212 valence electrons. The first-order chi connectivity index (χ1) is 19.6. The summed E-state index contributed by atoms with van der Waals surface area (Å²) >= 11 is 0. The van der Waals surface area contributed by atoms with Gasteiger partial charge in [0.25, 0.3) is 5.91 Å². The SMILES string of the molecule is Cc1ccc(N2CCN(C(N)=O)CC2)c(C)c1.Nc1nccc2ccc(C(=O)N(CC(=O)O)c3ccccc3)cc12. The van der Waals surface area contributed by atoms with Crippen molar-refractivity contribution in [2.45, 2.75) is 13.8 Å². The van der Waals surface area contributed by atoms with Crippen LogP contribution in [0.5, 0.6) is 0 Å². The van der Waals surface area contributed by atoms with Crippen LogP contribution in [0.2, 0.25) is 0 Å². The van der Waals surface area contributed by atoms with Gasteiger partial charge >= 0.3 is 12.0 Å². The Morgan fingerprint density at radius 1 is 0.927 bits per heavy atom. The number of aryl methyl sites for hydroxylation is 2. The number of primary amides is 1. The lowest BCUT2D eigenvalue weighted by Gasteiger charge is -2.36. The van der Waals surface area contributed by atoms with Crippen LogP contribution in [0.1, 0.15) is 21.5 Å². The lowest BCUT2D eigenvalue weighted by atomic mass is 10.1. The van der Waals surface area contributed by atoms with Gasteiger partial charge in [-0.05, 0) is 61.2 Å². The van der Waals surface area contributed by atoms with Gasteiger partial charge in [0.15, 0.2) is 0 Å². The fourth-order valence-corrected chi connectivity index (χ4v) is 4.83. The first kappa shape index (κ1) is 28.9. The van der Waals surface area contributed by atoms with Crippen LogP contribution in [0.4, 0.5) is 22.0 Å². The number of carbonyl (C=O) groups excluding carboxylic acids is 2. The number of aromatic nitrogens is 1. The highest BCUT2D eigenvalue weighted by Crippen LogP contribution is 2.24. The molecule has 3 amide bonds. The molecule has 0 bridgehead atoms. The second-order valence-electron chi connectivity index (χ2n) is 9.85. The van der Waals surface area contributed by atoms with Crippen LogP contribution < -0.4 is 21.3 Å². The Morgan fingerprint density at radius 3 is 2.27 bits per heavy atom. The molecule has 0 radical (unpaired) electrons. The number of fused-ring (bicyclic) bond motifs is 1. The maximum absolute atomic E-state index is 12.8. The zero-order valence-corrected chi connectivity index (χ0v) is 23.2. The second kappa shape index (κ2) is 12.8. The molecule has 0 saturated carbocycles. The molecule has 1 aromatic heterocycles. The molecule has 3 aromatic carbocycles. The van der Waals surface area contributed by atoms with Crippen molar-refractivity contribution in [1.29, 1.82) is 0 Å². The molecular formula is C31H34N6O4. The van der Waals surface area contributed by atoms with Gasteiger partial charge in [-0.3, -0.25) is 14.5 Å². The number of nitrogen functional groups attached to an aromatic ring is 1. The third-order valence-electron chi connectivity index (χ3n) is 6.93. The van der Waals surface area contributed by atoms with E-state index in [1.165, 1.54) is 21.7 Å². The Morgan fingerprint density at radius 2 is 1.63 bits per heavy atom. The second-order valence-corrected chi connectivity index (χ2v) is 9.85. The third kappa shape index (κ3) is 7.10. The Bertz CT molecular complexity index is 1550. The van der Waals surface area contributed by atoms with E-state index in [0.29, 0.717) is 35.5 Å². The van der Waals surface area contributed by atoms with Crippen molar-refractivity contribution in [3.05, 3.63) is 95.7 Å². The molecule has 5 rings (SSSR count). The van der Waals surface area contributed by atoms with E-state index >= 15 is 0 Å². The summed E-state index contributed by atoms with van der Waals surface area (Å²) in [6, 6.07) is 21.7. The number of urea groups is 1. The molecule has 41 heavy (non-hydrogen) atoms. The number of nitrogens with two attached hydrogens (primary N) is 2. The highest BCUT2D eigenvalue weighted by molar-refractivity contribution is 6.10. The van der Waals surface area contributed by atoms with Crippen molar-refractivity contribution in [3.8, 4) is 0 Å². The van der Waals surface area contributed by atoms with Crippen molar-refractivity contribution in [1.82, 2.24) is 9.88 Å². The summed E-state index contributed by atoms with van der Waals surface area (Å²) in [6.07, 6.45) is 1.60. The fraction of sp³-hybridized carbons (Fsp3) is 0.226. The van der Waals surface area contributed by atoms with Crippen molar-refractivity contribution in [3.63, 3.8) is 0 Å². The van der Waals surface area contributed by atoms with Crippen LogP contribution in [-0.2, 0) is 4.79 Å². The number of carboxylic acids is 1. The number of anilines is 3. The first-order valence-electron chi connectivity index (χ1n) is 13.2. The van der Waals surface area contributed by atoms with Gasteiger partial charge in [0.1, 0.15) is 12.4 Å². The summed E-state index contributed by atoms with van der Waals surface area (Å²) in [5.74, 6) is -1.17. The van der Waals surface area contributed by atoms with Gasteiger partial charge in [-0.2, -0.15) is 0 Å². The number of rotatable bonds is 5. The van der Waals surface area contributed by atoms with Crippen molar-refractivity contribution >= 4 is 45.9 Å². The number of nitrogens with zero attached hydrogens (tertiary/aromatic N) is 4. The highest BCUT2D eigenvalue weighted by atomic mass is 16.4. The summed E-state index contributed by atoms with van der Waals surface area (Å²) < 4.78 is 0. The van der Waals surface area contributed by atoms with E-state index in [1.54, 1.807) is 65.7 Å². The zero-order valence-electron chi connectivity index (χ0n) is 23.2. The van der Waals surface area contributed by atoms with Gasteiger partial charge in [-0.25, -0.2) is 9.78 Å². The topological polar surface area (TPSA) is 146 Å². The molecule has 2 heterocycles. The number of carboxylic acid groups (broad SMARTS) is 1. The summed E-state index contributed by atoms with van der Waals surface area (Å²) in [4.78, 5) is 44.3. The molecule has 10 nitrogen and oxygen atoms in total. The van der Waals surface area contributed by atoms with Crippen molar-refractivity contribution in [2.75, 3.05) is 48.3 Å². The molecule has 0 spiro atoms.